The molecule has 0 aliphatic carbocycles. The van der Waals surface area contributed by atoms with Gasteiger partial charge in [-0.2, -0.15) is 4.57 Å². The van der Waals surface area contributed by atoms with Crippen molar-refractivity contribution in [2.24, 2.45) is 5.73 Å². The van der Waals surface area contributed by atoms with E-state index < -0.39 is 44.9 Å². The van der Waals surface area contributed by atoms with Gasteiger partial charge in [-0.1, -0.05) is 13.3 Å². The maximum absolute atomic E-state index is 11.8. The molecule has 0 aromatic carbocycles. The number of phosphoric acid groups is 1. The zero-order chi connectivity index (χ0) is 19.3. The third-order valence-corrected chi connectivity index (χ3v) is 4.88. The van der Waals surface area contributed by atoms with E-state index in [4.69, 9.17) is 19.5 Å². The van der Waals surface area contributed by atoms with E-state index in [1.165, 1.54) is 29.1 Å². The third kappa shape index (κ3) is 5.31. The molecule has 5 atom stereocenters. The molecule has 1 unspecified atom stereocenters. The normalized spacial score (nSPS) is 28.0. The van der Waals surface area contributed by atoms with Gasteiger partial charge in [-0.05, 0) is 12.5 Å². The number of pyridine rings is 1. The molecule has 1 aliphatic rings. The molecule has 1 saturated heterocycles. The number of carbonyl (C=O) groups excluding carboxylic acids is 1. The fourth-order valence-corrected chi connectivity index (χ4v) is 3.21. The van der Waals surface area contributed by atoms with Crippen molar-refractivity contribution >= 4 is 13.7 Å². The average Bonchev–Trinajstić information content (AvgIpc) is 2.88. The lowest BCUT2D eigenvalue weighted by Gasteiger charge is -2.16. The topological polar surface area (TPSA) is 152 Å². The summed E-state index contributed by atoms with van der Waals surface area (Å²) in [5.41, 5.74) is 5.41. The molecule has 0 radical (unpaired) electrons. The fourth-order valence-electron chi connectivity index (χ4n) is 2.44. The molecule has 2 heterocycles. The summed E-state index contributed by atoms with van der Waals surface area (Å²) < 4.78 is 28.3. The van der Waals surface area contributed by atoms with Crippen molar-refractivity contribution in [3.8, 4) is 0 Å². The fraction of sp³-hybridized carbons (Fsp3) is 0.600. The minimum absolute atomic E-state index is 0.0688. The van der Waals surface area contributed by atoms with E-state index in [1.54, 1.807) is 0 Å². The minimum Gasteiger partial charge on any atom is -0.387 e. The summed E-state index contributed by atoms with van der Waals surface area (Å²) in [6.45, 7) is 1.52. The maximum atomic E-state index is 11.8. The highest BCUT2D eigenvalue weighted by Crippen LogP contribution is 2.44. The van der Waals surface area contributed by atoms with Crippen LogP contribution < -0.4 is 10.3 Å². The Kier molecular flexibility index (Phi) is 7.24. The lowest BCUT2D eigenvalue weighted by molar-refractivity contribution is -0.765. The first-order chi connectivity index (χ1) is 12.2. The predicted molar refractivity (Wildman–Crippen MR) is 87.7 cm³/mol. The van der Waals surface area contributed by atoms with Gasteiger partial charge in [0.2, 0.25) is 0 Å². The molecule has 0 bridgehead atoms. The summed E-state index contributed by atoms with van der Waals surface area (Å²) in [6.07, 6.45) is -0.481. The molecule has 1 fully saturated rings. The van der Waals surface area contributed by atoms with Crippen LogP contribution in [0.2, 0.25) is 0 Å². The van der Waals surface area contributed by atoms with Gasteiger partial charge in [0.1, 0.15) is 17.8 Å². The number of aliphatic hydroxyl groups is 2. The second-order valence-electron chi connectivity index (χ2n) is 5.90. The summed E-state index contributed by atoms with van der Waals surface area (Å²) in [5.74, 6) is -0.655. The quantitative estimate of drug-likeness (QED) is 0.253. The number of hydrogen-bond donors (Lipinski definition) is 4. The predicted octanol–water partition coefficient (Wildman–Crippen LogP) is -0.374. The summed E-state index contributed by atoms with van der Waals surface area (Å²) in [6, 6.07) is 3.03. The number of rotatable bonds is 9. The van der Waals surface area contributed by atoms with Gasteiger partial charge in [0.15, 0.2) is 18.5 Å². The molecule has 1 aromatic rings. The summed E-state index contributed by atoms with van der Waals surface area (Å²) in [7, 11) is -4.27. The Balaban J connectivity index is 2.00. The van der Waals surface area contributed by atoms with Crippen LogP contribution in [0, 0.1) is 0 Å². The lowest BCUT2D eigenvalue weighted by Crippen LogP contribution is -2.46. The number of phosphoric ester groups is 1. The van der Waals surface area contributed by atoms with Crippen LogP contribution in [0.3, 0.4) is 0 Å². The second-order valence-corrected chi connectivity index (χ2v) is 7.35. The number of hydrogen-bond acceptors (Lipinski definition) is 7. The summed E-state index contributed by atoms with van der Waals surface area (Å²) in [4.78, 5) is 20.9. The van der Waals surface area contributed by atoms with Crippen LogP contribution >= 0.6 is 7.82 Å². The minimum atomic E-state index is -4.27. The number of ether oxygens (including phenoxy) is 1. The largest absolute Gasteiger partial charge is 0.472 e. The molecule has 26 heavy (non-hydrogen) atoms. The molecule has 10 nitrogen and oxygen atoms in total. The van der Waals surface area contributed by atoms with E-state index >= 15 is 0 Å². The van der Waals surface area contributed by atoms with Crippen molar-refractivity contribution in [2.75, 3.05) is 13.2 Å². The van der Waals surface area contributed by atoms with Crippen molar-refractivity contribution in [3.05, 3.63) is 30.1 Å². The molecule has 1 amide bonds. The van der Waals surface area contributed by atoms with Crippen molar-refractivity contribution in [3.63, 3.8) is 0 Å². The molecule has 1 aromatic heterocycles. The second kappa shape index (κ2) is 9.01. The highest BCUT2D eigenvalue weighted by molar-refractivity contribution is 7.47. The average molecular weight is 391 g/mol. The van der Waals surface area contributed by atoms with E-state index in [-0.39, 0.29) is 12.2 Å². The zero-order valence-electron chi connectivity index (χ0n) is 14.3. The molecular weight excluding hydrogens is 367 g/mol. The van der Waals surface area contributed by atoms with Crippen LogP contribution in [0.25, 0.3) is 0 Å². The van der Waals surface area contributed by atoms with Crippen LogP contribution in [-0.4, -0.2) is 52.5 Å². The van der Waals surface area contributed by atoms with Gasteiger partial charge in [0.05, 0.1) is 13.2 Å². The first kappa shape index (κ1) is 20.9. The number of carbonyl (C=O) groups is 1. The first-order valence-corrected chi connectivity index (χ1v) is 9.69. The van der Waals surface area contributed by atoms with Crippen LogP contribution in [0.1, 0.15) is 36.4 Å². The molecule has 5 N–H and O–H groups in total. The van der Waals surface area contributed by atoms with Crippen molar-refractivity contribution in [2.45, 2.75) is 44.3 Å². The van der Waals surface area contributed by atoms with E-state index in [1.807, 2.05) is 6.92 Å². The number of aromatic nitrogens is 1. The van der Waals surface area contributed by atoms with Gasteiger partial charge in [-0.3, -0.25) is 13.8 Å². The third-order valence-electron chi connectivity index (χ3n) is 3.89. The van der Waals surface area contributed by atoms with E-state index in [9.17, 15) is 24.5 Å². The van der Waals surface area contributed by atoms with E-state index in [0.29, 0.717) is 6.42 Å². The monoisotopic (exact) mass is 391 g/mol. The Bertz CT molecular complexity index is 673. The van der Waals surface area contributed by atoms with E-state index in [2.05, 4.69) is 0 Å². The van der Waals surface area contributed by atoms with Gasteiger partial charge in [0.25, 0.3) is 12.1 Å². The number of primary amides is 1. The van der Waals surface area contributed by atoms with Crippen molar-refractivity contribution in [1.82, 2.24) is 0 Å². The SMILES string of the molecule is CCCCOP(=O)(O)OC[C@H]1O[C@@H]([n+]2cccc(C(N)=O)c2)[C@H](O)[C@@H]1O. The van der Waals surface area contributed by atoms with Crippen LogP contribution in [-0.2, 0) is 18.3 Å². The highest BCUT2D eigenvalue weighted by atomic mass is 31.2. The Hall–Kier alpha value is -1.39. The standard InChI is InChI=1S/C15H23N2O8P/c1-2-3-7-23-26(21,22)24-9-11-12(18)13(19)15(25-11)17-6-4-5-10(8-17)14(16)20/h4-6,8,11-13,15,18-19H,2-3,7,9H2,1H3,(H2-,16,20,21,22)/p+1/t11-,12-,13-,15-/m1/s1. The maximum Gasteiger partial charge on any atom is 0.472 e. The molecule has 11 heteroatoms. The number of nitrogens with two attached hydrogens (primary N) is 1. The Morgan fingerprint density at radius 1 is 1.38 bits per heavy atom. The van der Waals surface area contributed by atoms with Gasteiger partial charge in [-0.15, -0.1) is 0 Å². The van der Waals surface area contributed by atoms with E-state index in [0.717, 1.165) is 6.42 Å². The highest BCUT2D eigenvalue weighted by Gasteiger charge is 2.49. The Morgan fingerprint density at radius 2 is 2.12 bits per heavy atom. The Labute approximate surface area is 150 Å². The number of amides is 1. The van der Waals surface area contributed by atoms with Crippen LogP contribution in [0.15, 0.2) is 24.5 Å². The summed E-state index contributed by atoms with van der Waals surface area (Å²) >= 11 is 0. The molecule has 0 saturated carbocycles. The molecule has 0 spiro atoms. The molecular formula is C15H24N2O8P+. The van der Waals surface area contributed by atoms with Crippen LogP contribution in [0.4, 0.5) is 0 Å². The number of unbranched alkanes of at least 4 members (excludes halogenated alkanes) is 1. The summed E-state index contributed by atoms with van der Waals surface area (Å²) in [5, 5.41) is 20.3. The van der Waals surface area contributed by atoms with Crippen LogP contribution in [0.5, 0.6) is 0 Å². The van der Waals surface area contributed by atoms with Gasteiger partial charge in [0, 0.05) is 6.07 Å². The molecule has 1 aliphatic heterocycles. The zero-order valence-corrected chi connectivity index (χ0v) is 15.2. The first-order valence-electron chi connectivity index (χ1n) is 8.19. The number of aliphatic hydroxyl groups excluding tert-OH is 2. The van der Waals surface area contributed by atoms with Gasteiger partial charge in [-0.25, -0.2) is 4.57 Å². The van der Waals surface area contributed by atoms with Gasteiger partial charge >= 0.3 is 7.82 Å². The lowest BCUT2D eigenvalue weighted by atomic mass is 10.1. The Morgan fingerprint density at radius 3 is 2.77 bits per heavy atom. The molecule has 2 rings (SSSR count). The van der Waals surface area contributed by atoms with Crippen molar-refractivity contribution < 1.29 is 42.8 Å². The number of nitrogens with zero attached hydrogens (tertiary/aromatic N) is 1. The molecule has 146 valence electrons. The smallest absolute Gasteiger partial charge is 0.387 e. The van der Waals surface area contributed by atoms with Crippen molar-refractivity contribution in [1.29, 1.82) is 0 Å². The van der Waals surface area contributed by atoms with Gasteiger partial charge < -0.3 is 25.6 Å².